The van der Waals surface area contributed by atoms with Gasteiger partial charge in [-0.15, -0.1) is 0 Å². The fourth-order valence-corrected chi connectivity index (χ4v) is 1.54. The van der Waals surface area contributed by atoms with Crippen LogP contribution in [0.1, 0.15) is 0 Å². The Kier molecular flexibility index (Phi) is 4.73. The van der Waals surface area contributed by atoms with E-state index in [1.807, 2.05) is 0 Å². The molecule has 0 aliphatic carbocycles. The van der Waals surface area contributed by atoms with Gasteiger partial charge in [0.2, 0.25) is 0 Å². The van der Waals surface area contributed by atoms with Gasteiger partial charge in [-0.25, -0.2) is 0 Å². The first-order chi connectivity index (χ1) is 6.66. The molecule has 1 rings (SSSR count). The molecule has 0 aromatic heterocycles. The molecule has 84 valence electrons. The van der Waals surface area contributed by atoms with Gasteiger partial charge < -0.3 is 31.1 Å². The summed E-state index contributed by atoms with van der Waals surface area (Å²) in [4.78, 5) is 0. The fourth-order valence-electron chi connectivity index (χ4n) is 1.54. The van der Waals surface area contributed by atoms with Crippen LogP contribution >= 0.6 is 0 Å². The van der Waals surface area contributed by atoms with Crippen molar-refractivity contribution in [1.29, 1.82) is 0 Å². The molecule has 1 aliphatic rings. The third-order valence-electron chi connectivity index (χ3n) is 2.39. The Hall–Kier alpha value is -0.240. The molecule has 0 spiro atoms. The van der Waals surface area contributed by atoms with Crippen molar-refractivity contribution >= 4 is 0 Å². The predicted molar refractivity (Wildman–Crippen MR) is 49.8 cm³/mol. The number of hydrogen-bond donors (Lipinski definition) is 6. The van der Waals surface area contributed by atoms with Crippen molar-refractivity contribution in [3.05, 3.63) is 0 Å². The van der Waals surface area contributed by atoms with Gasteiger partial charge in [-0.3, -0.25) is 0 Å². The van der Waals surface area contributed by atoms with E-state index in [1.54, 1.807) is 0 Å². The molecule has 1 saturated heterocycles. The molecule has 14 heavy (non-hydrogen) atoms. The van der Waals surface area contributed by atoms with Crippen LogP contribution in [0, 0.1) is 0 Å². The second-order valence-corrected chi connectivity index (χ2v) is 3.49. The summed E-state index contributed by atoms with van der Waals surface area (Å²) in [5.74, 6) is 0. The topological polar surface area (TPSA) is 105 Å². The quantitative estimate of drug-likeness (QED) is 0.288. The van der Waals surface area contributed by atoms with E-state index in [0.717, 1.165) is 0 Å². The van der Waals surface area contributed by atoms with Crippen molar-refractivity contribution in [2.24, 2.45) is 0 Å². The monoisotopic (exact) mass is 206 g/mol. The molecule has 1 aliphatic heterocycles. The standard InChI is InChI=1S/C8H18N2O4/c11-2-1-10-5-3-9-4-6(12)8(14)7(5)13/h5-14H,1-4H2/t5-,6+,7+,8+/m0/s1. The van der Waals surface area contributed by atoms with Crippen LogP contribution in [0.4, 0.5) is 0 Å². The highest BCUT2D eigenvalue weighted by Gasteiger charge is 2.33. The summed E-state index contributed by atoms with van der Waals surface area (Å²) in [6, 6.07) is -0.353. The van der Waals surface area contributed by atoms with Gasteiger partial charge in [-0.1, -0.05) is 0 Å². The molecule has 6 nitrogen and oxygen atoms in total. The Labute approximate surface area is 82.6 Å². The predicted octanol–water partition coefficient (Wildman–Crippen LogP) is -3.38. The fraction of sp³-hybridized carbons (Fsp3) is 1.00. The van der Waals surface area contributed by atoms with Crippen LogP contribution in [0.25, 0.3) is 0 Å². The minimum absolute atomic E-state index is 0.0259. The van der Waals surface area contributed by atoms with Gasteiger partial charge in [0.15, 0.2) is 0 Å². The Balaban J connectivity index is 2.49. The van der Waals surface area contributed by atoms with Gasteiger partial charge in [0, 0.05) is 25.7 Å². The van der Waals surface area contributed by atoms with E-state index in [-0.39, 0.29) is 19.2 Å². The summed E-state index contributed by atoms with van der Waals surface area (Å²) in [6.07, 6.45) is -3.13. The normalized spacial score (nSPS) is 39.4. The van der Waals surface area contributed by atoms with E-state index in [1.165, 1.54) is 0 Å². The lowest BCUT2D eigenvalue weighted by molar-refractivity contribution is -0.0598. The highest BCUT2D eigenvalue weighted by atomic mass is 16.4. The molecular formula is C8H18N2O4. The SMILES string of the molecule is OCCN[C@H]1CNC[C@@H](O)[C@@H](O)[C@@H]1O. The Morgan fingerprint density at radius 2 is 1.86 bits per heavy atom. The van der Waals surface area contributed by atoms with E-state index in [0.29, 0.717) is 13.1 Å². The summed E-state index contributed by atoms with van der Waals surface area (Å²) in [5, 5.41) is 42.8. The summed E-state index contributed by atoms with van der Waals surface area (Å²) in [6.45, 7) is 1.04. The van der Waals surface area contributed by atoms with Crippen LogP contribution in [0.5, 0.6) is 0 Å². The molecule has 6 N–H and O–H groups in total. The average molecular weight is 206 g/mol. The first-order valence-electron chi connectivity index (χ1n) is 4.76. The zero-order valence-electron chi connectivity index (χ0n) is 7.93. The first-order valence-corrected chi connectivity index (χ1v) is 4.76. The molecular weight excluding hydrogens is 188 g/mol. The van der Waals surface area contributed by atoms with Crippen molar-refractivity contribution in [3.63, 3.8) is 0 Å². The molecule has 0 amide bonds. The number of rotatable bonds is 3. The van der Waals surface area contributed by atoms with Gasteiger partial charge in [-0.05, 0) is 0 Å². The van der Waals surface area contributed by atoms with Crippen molar-refractivity contribution in [2.45, 2.75) is 24.4 Å². The van der Waals surface area contributed by atoms with E-state index >= 15 is 0 Å². The number of aliphatic hydroxyl groups excluding tert-OH is 4. The molecule has 0 aromatic rings. The highest BCUT2D eigenvalue weighted by Crippen LogP contribution is 2.07. The second-order valence-electron chi connectivity index (χ2n) is 3.49. The molecule has 4 atom stereocenters. The van der Waals surface area contributed by atoms with Gasteiger partial charge >= 0.3 is 0 Å². The number of hydrogen-bond acceptors (Lipinski definition) is 6. The molecule has 1 fully saturated rings. The van der Waals surface area contributed by atoms with Gasteiger partial charge in [0.25, 0.3) is 0 Å². The molecule has 0 aromatic carbocycles. The van der Waals surface area contributed by atoms with Crippen LogP contribution in [0.3, 0.4) is 0 Å². The first kappa shape index (κ1) is 11.8. The van der Waals surface area contributed by atoms with Crippen LogP contribution in [-0.2, 0) is 0 Å². The van der Waals surface area contributed by atoms with Crippen molar-refractivity contribution in [1.82, 2.24) is 10.6 Å². The molecule has 0 bridgehead atoms. The minimum atomic E-state index is -1.15. The minimum Gasteiger partial charge on any atom is -0.395 e. The smallest absolute Gasteiger partial charge is 0.109 e. The molecule has 0 saturated carbocycles. The highest BCUT2D eigenvalue weighted by molar-refractivity contribution is 4.90. The zero-order chi connectivity index (χ0) is 10.6. The lowest BCUT2D eigenvalue weighted by Gasteiger charge is -2.25. The maximum absolute atomic E-state index is 9.62. The summed E-state index contributed by atoms with van der Waals surface area (Å²) < 4.78 is 0. The summed E-state index contributed by atoms with van der Waals surface area (Å²) >= 11 is 0. The largest absolute Gasteiger partial charge is 0.395 e. The lowest BCUT2D eigenvalue weighted by atomic mass is 10.0. The van der Waals surface area contributed by atoms with Crippen LogP contribution < -0.4 is 10.6 Å². The summed E-state index contributed by atoms with van der Waals surface area (Å²) in [5.41, 5.74) is 0. The molecule has 1 heterocycles. The molecule has 0 radical (unpaired) electrons. The van der Waals surface area contributed by atoms with Crippen molar-refractivity contribution in [3.8, 4) is 0 Å². The Morgan fingerprint density at radius 1 is 1.14 bits per heavy atom. The second kappa shape index (κ2) is 5.59. The number of aliphatic hydroxyl groups is 4. The molecule has 6 heteroatoms. The Bertz CT molecular complexity index is 167. The van der Waals surface area contributed by atoms with Gasteiger partial charge in [-0.2, -0.15) is 0 Å². The van der Waals surface area contributed by atoms with Crippen LogP contribution in [-0.4, -0.2) is 71.0 Å². The van der Waals surface area contributed by atoms with E-state index in [2.05, 4.69) is 10.6 Å². The maximum atomic E-state index is 9.62. The van der Waals surface area contributed by atoms with E-state index in [4.69, 9.17) is 5.11 Å². The van der Waals surface area contributed by atoms with Crippen LogP contribution in [0.15, 0.2) is 0 Å². The average Bonchev–Trinajstić information content (AvgIpc) is 2.30. The van der Waals surface area contributed by atoms with Gasteiger partial charge in [0.1, 0.15) is 6.10 Å². The third kappa shape index (κ3) is 2.88. The van der Waals surface area contributed by atoms with Gasteiger partial charge in [0.05, 0.1) is 18.8 Å². The van der Waals surface area contributed by atoms with Crippen LogP contribution in [0.2, 0.25) is 0 Å². The van der Waals surface area contributed by atoms with Crippen molar-refractivity contribution < 1.29 is 20.4 Å². The Morgan fingerprint density at radius 3 is 2.50 bits per heavy atom. The number of nitrogens with one attached hydrogen (secondary N) is 2. The summed E-state index contributed by atoms with van der Waals surface area (Å²) in [7, 11) is 0. The number of β-amino-alcohol motifs (C(OH)–C–C–N with tert-alkyl or cyclic N) is 1. The van der Waals surface area contributed by atoms with E-state index < -0.39 is 18.3 Å². The lowest BCUT2D eigenvalue weighted by Crippen LogP contribution is -2.51. The maximum Gasteiger partial charge on any atom is 0.109 e. The van der Waals surface area contributed by atoms with E-state index in [9.17, 15) is 15.3 Å². The third-order valence-corrected chi connectivity index (χ3v) is 2.39. The van der Waals surface area contributed by atoms with Crippen molar-refractivity contribution in [2.75, 3.05) is 26.2 Å². The zero-order valence-corrected chi connectivity index (χ0v) is 7.93. The molecule has 0 unspecified atom stereocenters.